The highest BCUT2D eigenvalue weighted by molar-refractivity contribution is 5.27. The van der Waals surface area contributed by atoms with Crippen LogP contribution in [0.5, 0.6) is 0 Å². The number of nitrogens with zero attached hydrogens (tertiary/aromatic N) is 3. The Hall–Kier alpha value is -1.68. The summed E-state index contributed by atoms with van der Waals surface area (Å²) in [5, 5.41) is 14.4. The van der Waals surface area contributed by atoms with E-state index >= 15 is 0 Å². The van der Waals surface area contributed by atoms with Gasteiger partial charge < -0.3 is 5.11 Å². The fourth-order valence-corrected chi connectivity index (χ4v) is 2.71. The number of hydrogen-bond donors (Lipinski definition) is 1. The van der Waals surface area contributed by atoms with Crippen LogP contribution < -0.4 is 0 Å². The molecule has 0 aliphatic rings. The summed E-state index contributed by atoms with van der Waals surface area (Å²) in [7, 11) is 0. The van der Waals surface area contributed by atoms with E-state index in [1.807, 2.05) is 22.9 Å². The molecule has 0 aliphatic carbocycles. The van der Waals surface area contributed by atoms with Gasteiger partial charge in [0.25, 0.3) is 0 Å². The summed E-state index contributed by atoms with van der Waals surface area (Å²) in [6, 6.07) is 10.2. The number of aromatic nitrogens is 3. The lowest BCUT2D eigenvalue weighted by atomic mass is 9.76. The topological polar surface area (TPSA) is 50.9 Å². The summed E-state index contributed by atoms with van der Waals surface area (Å²) in [4.78, 5) is 4.42. The van der Waals surface area contributed by atoms with E-state index in [4.69, 9.17) is 0 Å². The van der Waals surface area contributed by atoms with Gasteiger partial charge in [0.1, 0.15) is 12.2 Å². The molecule has 0 aliphatic heterocycles. The van der Waals surface area contributed by atoms with Crippen LogP contribution in [0.2, 0.25) is 0 Å². The molecule has 1 atom stereocenters. The first-order chi connectivity index (χ1) is 10.1. The minimum Gasteiger partial charge on any atom is -0.395 e. The van der Waals surface area contributed by atoms with E-state index in [-0.39, 0.29) is 12.0 Å². The molecule has 1 aromatic heterocycles. The minimum atomic E-state index is -0.289. The third kappa shape index (κ3) is 3.50. The molecule has 0 radical (unpaired) electrons. The van der Waals surface area contributed by atoms with Gasteiger partial charge in [-0.1, -0.05) is 51.1 Å². The van der Waals surface area contributed by atoms with Gasteiger partial charge in [0, 0.05) is 18.4 Å². The maximum absolute atomic E-state index is 10.0. The van der Waals surface area contributed by atoms with Gasteiger partial charge in [-0.2, -0.15) is 5.10 Å². The first kappa shape index (κ1) is 15.7. The van der Waals surface area contributed by atoms with E-state index in [0.717, 1.165) is 24.4 Å². The molecule has 1 N–H and O–H groups in total. The van der Waals surface area contributed by atoms with Crippen LogP contribution in [0.15, 0.2) is 36.7 Å². The SMILES string of the molecule is CCC(CO)(Cc1ncnn1CC(C)C)c1ccccc1. The Morgan fingerprint density at radius 1 is 1.24 bits per heavy atom. The smallest absolute Gasteiger partial charge is 0.138 e. The van der Waals surface area contributed by atoms with Crippen LogP contribution in [0, 0.1) is 5.92 Å². The number of rotatable bonds is 7. The van der Waals surface area contributed by atoms with E-state index in [1.54, 1.807) is 6.33 Å². The van der Waals surface area contributed by atoms with Crippen molar-refractivity contribution in [1.29, 1.82) is 0 Å². The predicted molar refractivity (Wildman–Crippen MR) is 84.1 cm³/mol. The van der Waals surface area contributed by atoms with Crippen molar-refractivity contribution in [3.63, 3.8) is 0 Å². The molecule has 21 heavy (non-hydrogen) atoms. The van der Waals surface area contributed by atoms with Crippen LogP contribution in [-0.4, -0.2) is 26.5 Å². The number of aliphatic hydroxyl groups excluding tert-OH is 1. The van der Waals surface area contributed by atoms with Crippen LogP contribution in [-0.2, 0) is 18.4 Å². The standard InChI is InChI=1S/C17H25N3O/c1-4-17(12-21,15-8-6-5-7-9-15)10-16-18-13-19-20(16)11-14(2)3/h5-9,13-14,21H,4,10-12H2,1-3H3. The Bertz CT molecular complexity index is 544. The van der Waals surface area contributed by atoms with Gasteiger partial charge >= 0.3 is 0 Å². The summed E-state index contributed by atoms with van der Waals surface area (Å²) >= 11 is 0. The maximum atomic E-state index is 10.0. The summed E-state index contributed by atoms with van der Waals surface area (Å²) in [6.45, 7) is 7.42. The van der Waals surface area contributed by atoms with Crippen molar-refractivity contribution < 1.29 is 5.11 Å². The van der Waals surface area contributed by atoms with Crippen LogP contribution in [0.4, 0.5) is 0 Å². The number of benzene rings is 1. The first-order valence-corrected chi connectivity index (χ1v) is 7.64. The molecule has 2 rings (SSSR count). The molecule has 1 aromatic carbocycles. The average molecular weight is 287 g/mol. The molecule has 0 saturated heterocycles. The molecule has 0 saturated carbocycles. The summed E-state index contributed by atoms with van der Waals surface area (Å²) in [5.74, 6) is 1.47. The minimum absolute atomic E-state index is 0.113. The van der Waals surface area contributed by atoms with Gasteiger partial charge in [-0.05, 0) is 17.9 Å². The van der Waals surface area contributed by atoms with Crippen molar-refractivity contribution in [2.75, 3.05) is 6.61 Å². The molecule has 0 spiro atoms. The third-order valence-electron chi connectivity index (χ3n) is 4.10. The van der Waals surface area contributed by atoms with Crippen molar-refractivity contribution >= 4 is 0 Å². The second-order valence-electron chi connectivity index (χ2n) is 6.09. The Morgan fingerprint density at radius 3 is 2.52 bits per heavy atom. The third-order valence-corrected chi connectivity index (χ3v) is 4.10. The molecular formula is C17H25N3O. The Labute approximate surface area is 126 Å². The summed E-state index contributed by atoms with van der Waals surface area (Å²) in [5.41, 5.74) is 0.873. The van der Waals surface area contributed by atoms with E-state index in [1.165, 1.54) is 0 Å². The Balaban J connectivity index is 2.31. The molecule has 4 heteroatoms. The Kier molecular flexibility index (Phi) is 5.12. The van der Waals surface area contributed by atoms with Gasteiger partial charge in [-0.25, -0.2) is 9.67 Å². The zero-order chi connectivity index (χ0) is 15.3. The number of aliphatic hydroxyl groups is 1. The lowest BCUT2D eigenvalue weighted by Crippen LogP contribution is -2.34. The van der Waals surface area contributed by atoms with Crippen molar-refractivity contribution in [2.24, 2.45) is 5.92 Å². The molecule has 114 valence electrons. The second kappa shape index (κ2) is 6.85. The van der Waals surface area contributed by atoms with Gasteiger partial charge in [-0.3, -0.25) is 0 Å². The van der Waals surface area contributed by atoms with Gasteiger partial charge in [-0.15, -0.1) is 0 Å². The highest BCUT2D eigenvalue weighted by atomic mass is 16.3. The van der Waals surface area contributed by atoms with Crippen LogP contribution >= 0.6 is 0 Å². The zero-order valence-electron chi connectivity index (χ0n) is 13.2. The number of hydrogen-bond acceptors (Lipinski definition) is 3. The molecule has 0 fully saturated rings. The molecule has 1 unspecified atom stereocenters. The molecule has 0 bridgehead atoms. The molecule has 1 heterocycles. The monoisotopic (exact) mass is 287 g/mol. The van der Waals surface area contributed by atoms with Crippen molar-refractivity contribution in [1.82, 2.24) is 14.8 Å². The van der Waals surface area contributed by atoms with Crippen molar-refractivity contribution in [3.8, 4) is 0 Å². The normalized spacial score (nSPS) is 14.3. The van der Waals surface area contributed by atoms with E-state index in [2.05, 4.69) is 43.0 Å². The average Bonchev–Trinajstić information content (AvgIpc) is 2.92. The van der Waals surface area contributed by atoms with E-state index in [9.17, 15) is 5.11 Å². The van der Waals surface area contributed by atoms with Crippen LogP contribution in [0.1, 0.15) is 38.6 Å². The first-order valence-electron chi connectivity index (χ1n) is 7.64. The van der Waals surface area contributed by atoms with E-state index in [0.29, 0.717) is 12.3 Å². The van der Waals surface area contributed by atoms with Crippen molar-refractivity contribution in [3.05, 3.63) is 48.0 Å². The molecule has 4 nitrogen and oxygen atoms in total. The van der Waals surface area contributed by atoms with Gasteiger partial charge in [0.05, 0.1) is 6.61 Å². The largest absolute Gasteiger partial charge is 0.395 e. The Morgan fingerprint density at radius 2 is 1.95 bits per heavy atom. The van der Waals surface area contributed by atoms with Crippen LogP contribution in [0.25, 0.3) is 0 Å². The van der Waals surface area contributed by atoms with Crippen LogP contribution in [0.3, 0.4) is 0 Å². The van der Waals surface area contributed by atoms with E-state index < -0.39 is 0 Å². The quantitative estimate of drug-likeness (QED) is 0.852. The summed E-state index contributed by atoms with van der Waals surface area (Å²) in [6.07, 6.45) is 3.18. The van der Waals surface area contributed by atoms with Crippen molar-refractivity contribution in [2.45, 2.75) is 45.6 Å². The summed E-state index contributed by atoms with van der Waals surface area (Å²) < 4.78 is 1.97. The maximum Gasteiger partial charge on any atom is 0.138 e. The second-order valence-corrected chi connectivity index (χ2v) is 6.09. The van der Waals surface area contributed by atoms with Gasteiger partial charge in [0.15, 0.2) is 0 Å². The highest BCUT2D eigenvalue weighted by Crippen LogP contribution is 2.31. The fraction of sp³-hybridized carbons (Fsp3) is 0.529. The highest BCUT2D eigenvalue weighted by Gasteiger charge is 2.31. The molecule has 0 amide bonds. The molecule has 2 aromatic rings. The molecular weight excluding hydrogens is 262 g/mol. The predicted octanol–water partition coefficient (Wildman–Crippen LogP) is 2.82. The zero-order valence-corrected chi connectivity index (χ0v) is 13.2. The lowest BCUT2D eigenvalue weighted by molar-refractivity contribution is 0.182. The van der Waals surface area contributed by atoms with Gasteiger partial charge in [0.2, 0.25) is 0 Å². The lowest BCUT2D eigenvalue weighted by Gasteiger charge is -2.31. The fourth-order valence-electron chi connectivity index (χ4n) is 2.71.